The minimum Gasteiger partial charge on any atom is -0.481 e. The maximum atomic E-state index is 13.1. The lowest BCUT2D eigenvalue weighted by atomic mass is 10.1. The van der Waals surface area contributed by atoms with Crippen LogP contribution >= 0.6 is 0 Å². The summed E-state index contributed by atoms with van der Waals surface area (Å²) < 4.78 is 13.1. The number of halogens is 1. The van der Waals surface area contributed by atoms with E-state index >= 15 is 0 Å². The van der Waals surface area contributed by atoms with Crippen molar-refractivity contribution in [1.29, 1.82) is 0 Å². The van der Waals surface area contributed by atoms with Gasteiger partial charge in [0.1, 0.15) is 5.82 Å². The molecule has 1 atom stereocenters. The van der Waals surface area contributed by atoms with E-state index in [0.29, 0.717) is 5.69 Å². The minimum absolute atomic E-state index is 0.0225. The molecular weight excluding hydrogens is 225 g/mol. The highest BCUT2D eigenvalue weighted by Gasteiger charge is 2.35. The second-order valence-corrected chi connectivity index (χ2v) is 4.17. The number of carbonyl (C=O) groups is 2. The number of rotatable bonds is 2. The van der Waals surface area contributed by atoms with E-state index < -0.39 is 17.7 Å². The van der Waals surface area contributed by atoms with E-state index in [1.807, 2.05) is 0 Å². The van der Waals surface area contributed by atoms with Gasteiger partial charge in [-0.15, -0.1) is 0 Å². The fraction of sp³-hybridized carbons (Fsp3) is 0.333. The third kappa shape index (κ3) is 2.13. The van der Waals surface area contributed by atoms with E-state index in [1.54, 1.807) is 13.0 Å². The Bertz CT molecular complexity index is 487. The number of carboxylic acid groups (broad SMARTS) is 1. The zero-order valence-corrected chi connectivity index (χ0v) is 9.31. The highest BCUT2D eigenvalue weighted by molar-refractivity contribution is 5.99. The van der Waals surface area contributed by atoms with Crippen LogP contribution in [-0.4, -0.2) is 23.5 Å². The summed E-state index contributed by atoms with van der Waals surface area (Å²) in [7, 11) is 0. The number of hydrogen-bond donors (Lipinski definition) is 1. The largest absolute Gasteiger partial charge is 0.481 e. The number of aliphatic carboxylic acids is 1. The van der Waals surface area contributed by atoms with E-state index in [4.69, 9.17) is 5.11 Å². The van der Waals surface area contributed by atoms with Crippen LogP contribution in [0, 0.1) is 18.7 Å². The van der Waals surface area contributed by atoms with Gasteiger partial charge in [-0.25, -0.2) is 4.39 Å². The number of benzene rings is 1. The molecule has 1 N–H and O–H groups in total. The predicted octanol–water partition coefficient (Wildman–Crippen LogP) is 1.57. The Labute approximate surface area is 97.7 Å². The van der Waals surface area contributed by atoms with Gasteiger partial charge < -0.3 is 10.0 Å². The van der Waals surface area contributed by atoms with Gasteiger partial charge in [-0.05, 0) is 24.6 Å². The van der Waals surface area contributed by atoms with E-state index in [1.165, 1.54) is 17.0 Å². The Morgan fingerprint density at radius 3 is 2.82 bits per heavy atom. The van der Waals surface area contributed by atoms with Gasteiger partial charge in [-0.3, -0.25) is 9.59 Å². The highest BCUT2D eigenvalue weighted by Crippen LogP contribution is 2.28. The smallest absolute Gasteiger partial charge is 0.308 e. The third-order valence-electron chi connectivity index (χ3n) is 2.94. The molecule has 1 amide bonds. The summed E-state index contributed by atoms with van der Waals surface area (Å²) in [5.74, 6) is -2.40. The van der Waals surface area contributed by atoms with Crippen molar-refractivity contribution in [2.24, 2.45) is 5.92 Å². The van der Waals surface area contributed by atoms with Crippen LogP contribution < -0.4 is 4.90 Å². The van der Waals surface area contributed by atoms with Crippen LogP contribution in [-0.2, 0) is 9.59 Å². The molecule has 1 heterocycles. The van der Waals surface area contributed by atoms with Crippen molar-refractivity contribution >= 4 is 17.6 Å². The van der Waals surface area contributed by atoms with Gasteiger partial charge in [0.05, 0.1) is 5.92 Å². The molecule has 2 rings (SSSR count). The number of nitrogens with zero attached hydrogens (tertiary/aromatic N) is 1. The van der Waals surface area contributed by atoms with Crippen LogP contribution in [0.4, 0.5) is 10.1 Å². The van der Waals surface area contributed by atoms with Crippen molar-refractivity contribution < 1.29 is 19.1 Å². The molecule has 0 radical (unpaired) electrons. The number of hydrogen-bond acceptors (Lipinski definition) is 2. The lowest BCUT2D eigenvalue weighted by molar-refractivity contribution is -0.141. The predicted molar refractivity (Wildman–Crippen MR) is 59.2 cm³/mol. The average Bonchev–Trinajstić information content (AvgIpc) is 2.64. The van der Waals surface area contributed by atoms with Crippen LogP contribution in [0.3, 0.4) is 0 Å². The first kappa shape index (κ1) is 11.6. The molecule has 0 saturated carbocycles. The standard InChI is InChI=1S/C12H12FNO3/c1-7-2-3-9(13)5-10(7)14-6-8(12(16)17)4-11(14)15/h2-3,5,8H,4,6H2,1H3,(H,16,17)/t8-/m1/s1. The fourth-order valence-electron chi connectivity index (χ4n) is 1.98. The second kappa shape index (κ2) is 4.16. The molecule has 1 fully saturated rings. The Kier molecular flexibility index (Phi) is 2.83. The number of carbonyl (C=O) groups excluding carboxylic acids is 1. The number of amides is 1. The number of aryl methyl sites for hydroxylation is 1. The van der Waals surface area contributed by atoms with Crippen molar-refractivity contribution in [1.82, 2.24) is 0 Å². The molecule has 1 aromatic carbocycles. The molecule has 1 aromatic rings. The molecule has 1 aliphatic heterocycles. The van der Waals surface area contributed by atoms with Gasteiger partial charge in [0.2, 0.25) is 5.91 Å². The first-order chi connectivity index (χ1) is 7.99. The maximum absolute atomic E-state index is 13.1. The van der Waals surface area contributed by atoms with Gasteiger partial charge in [-0.1, -0.05) is 6.07 Å². The number of carboxylic acids is 1. The first-order valence-electron chi connectivity index (χ1n) is 5.28. The van der Waals surface area contributed by atoms with E-state index in [-0.39, 0.29) is 18.9 Å². The topological polar surface area (TPSA) is 57.6 Å². The molecule has 5 heteroatoms. The van der Waals surface area contributed by atoms with Crippen molar-refractivity contribution in [2.75, 3.05) is 11.4 Å². The molecular formula is C12H12FNO3. The molecule has 4 nitrogen and oxygen atoms in total. The second-order valence-electron chi connectivity index (χ2n) is 4.17. The van der Waals surface area contributed by atoms with Gasteiger partial charge in [0.15, 0.2) is 0 Å². The van der Waals surface area contributed by atoms with Crippen molar-refractivity contribution in [2.45, 2.75) is 13.3 Å². The zero-order valence-electron chi connectivity index (χ0n) is 9.31. The molecule has 90 valence electrons. The molecule has 0 bridgehead atoms. The van der Waals surface area contributed by atoms with Crippen LogP contribution in [0.2, 0.25) is 0 Å². The summed E-state index contributed by atoms with van der Waals surface area (Å²) in [4.78, 5) is 23.9. The SMILES string of the molecule is Cc1ccc(F)cc1N1C[C@H](C(=O)O)CC1=O. The molecule has 17 heavy (non-hydrogen) atoms. The fourth-order valence-corrected chi connectivity index (χ4v) is 1.98. The summed E-state index contributed by atoms with van der Waals surface area (Å²) in [6, 6.07) is 4.15. The summed E-state index contributed by atoms with van der Waals surface area (Å²) in [5, 5.41) is 8.87. The third-order valence-corrected chi connectivity index (χ3v) is 2.94. The molecule has 1 saturated heterocycles. The summed E-state index contributed by atoms with van der Waals surface area (Å²) in [6.45, 7) is 1.87. The van der Waals surface area contributed by atoms with Crippen LogP contribution in [0.5, 0.6) is 0 Å². The summed E-state index contributed by atoms with van der Waals surface area (Å²) >= 11 is 0. The monoisotopic (exact) mass is 237 g/mol. The lowest BCUT2D eigenvalue weighted by Crippen LogP contribution is -2.26. The van der Waals surface area contributed by atoms with Crippen LogP contribution in [0.15, 0.2) is 18.2 Å². The quantitative estimate of drug-likeness (QED) is 0.849. The Morgan fingerprint density at radius 1 is 1.53 bits per heavy atom. The first-order valence-corrected chi connectivity index (χ1v) is 5.28. The minimum atomic E-state index is -0.991. The van der Waals surface area contributed by atoms with E-state index in [0.717, 1.165) is 5.56 Å². The van der Waals surface area contributed by atoms with Crippen LogP contribution in [0.1, 0.15) is 12.0 Å². The Morgan fingerprint density at radius 2 is 2.24 bits per heavy atom. The Hall–Kier alpha value is -1.91. The van der Waals surface area contributed by atoms with Crippen LogP contribution in [0.25, 0.3) is 0 Å². The zero-order chi connectivity index (χ0) is 12.6. The molecule has 0 aromatic heterocycles. The molecule has 1 aliphatic rings. The van der Waals surface area contributed by atoms with Crippen molar-refractivity contribution in [3.05, 3.63) is 29.6 Å². The van der Waals surface area contributed by atoms with E-state index in [2.05, 4.69) is 0 Å². The van der Waals surface area contributed by atoms with Crippen molar-refractivity contribution in [3.63, 3.8) is 0 Å². The summed E-state index contributed by atoms with van der Waals surface area (Å²) in [5.41, 5.74) is 1.21. The summed E-state index contributed by atoms with van der Waals surface area (Å²) in [6.07, 6.45) is -0.0225. The van der Waals surface area contributed by atoms with Gasteiger partial charge in [0, 0.05) is 18.7 Å². The van der Waals surface area contributed by atoms with Gasteiger partial charge in [-0.2, -0.15) is 0 Å². The molecule has 0 spiro atoms. The maximum Gasteiger partial charge on any atom is 0.308 e. The molecule has 0 unspecified atom stereocenters. The molecule has 0 aliphatic carbocycles. The number of anilines is 1. The average molecular weight is 237 g/mol. The highest BCUT2D eigenvalue weighted by atomic mass is 19.1. The van der Waals surface area contributed by atoms with Gasteiger partial charge in [0.25, 0.3) is 0 Å². The normalized spacial score (nSPS) is 19.8. The lowest BCUT2D eigenvalue weighted by Gasteiger charge is -2.18. The van der Waals surface area contributed by atoms with E-state index in [9.17, 15) is 14.0 Å². The Balaban J connectivity index is 2.32. The van der Waals surface area contributed by atoms with Crippen molar-refractivity contribution in [3.8, 4) is 0 Å². The van der Waals surface area contributed by atoms with Gasteiger partial charge >= 0.3 is 5.97 Å².